The fraction of sp³-hybridized carbons (Fsp3) is 0.474. The first-order chi connectivity index (χ1) is 12.1. The minimum Gasteiger partial charge on any atom is -0.313 e. The summed E-state index contributed by atoms with van der Waals surface area (Å²) >= 11 is 0. The summed E-state index contributed by atoms with van der Waals surface area (Å²) < 4.78 is 2.30. The van der Waals surface area contributed by atoms with Crippen molar-refractivity contribution in [2.45, 2.75) is 46.2 Å². The maximum Gasteiger partial charge on any atom is 0.135 e. The van der Waals surface area contributed by atoms with Crippen LogP contribution < -0.4 is 0 Å². The smallest absolute Gasteiger partial charge is 0.135 e. The van der Waals surface area contributed by atoms with Gasteiger partial charge in [0.2, 0.25) is 0 Å². The Hall–Kier alpha value is -2.34. The number of benzene rings is 1. The molecule has 0 amide bonds. The summed E-state index contributed by atoms with van der Waals surface area (Å²) in [5, 5.41) is 8.76. The van der Waals surface area contributed by atoms with E-state index in [0.717, 1.165) is 66.7 Å². The highest BCUT2D eigenvalue weighted by molar-refractivity contribution is 5.74. The van der Waals surface area contributed by atoms with E-state index in [1.54, 1.807) is 0 Å². The van der Waals surface area contributed by atoms with Gasteiger partial charge in [-0.25, -0.2) is 9.97 Å². The SMILES string of the molecule is Cc1nc2ccccc2nc1CN1CCc2nnc(C(C)C)n2CC1. The lowest BCUT2D eigenvalue weighted by Crippen LogP contribution is -2.28. The number of hydrogen-bond donors (Lipinski definition) is 0. The zero-order valence-corrected chi connectivity index (χ0v) is 15.1. The Morgan fingerprint density at radius 2 is 1.76 bits per heavy atom. The molecule has 0 radical (unpaired) electrons. The van der Waals surface area contributed by atoms with Crippen LogP contribution in [-0.2, 0) is 19.5 Å². The summed E-state index contributed by atoms with van der Waals surface area (Å²) in [5.74, 6) is 2.60. The summed E-state index contributed by atoms with van der Waals surface area (Å²) in [5.41, 5.74) is 4.02. The molecular weight excluding hydrogens is 312 g/mol. The zero-order valence-electron chi connectivity index (χ0n) is 15.1. The lowest BCUT2D eigenvalue weighted by atomic mass is 10.2. The van der Waals surface area contributed by atoms with Gasteiger partial charge >= 0.3 is 0 Å². The predicted molar refractivity (Wildman–Crippen MR) is 97.4 cm³/mol. The average molecular weight is 336 g/mol. The van der Waals surface area contributed by atoms with Crippen molar-refractivity contribution in [3.8, 4) is 0 Å². The van der Waals surface area contributed by atoms with E-state index in [1.807, 2.05) is 24.3 Å². The van der Waals surface area contributed by atoms with Gasteiger partial charge in [-0.1, -0.05) is 26.0 Å². The van der Waals surface area contributed by atoms with Crippen LogP contribution in [0.25, 0.3) is 11.0 Å². The normalized spacial score (nSPS) is 15.5. The molecule has 0 N–H and O–H groups in total. The monoisotopic (exact) mass is 336 g/mol. The lowest BCUT2D eigenvalue weighted by Gasteiger charge is -2.20. The molecule has 0 bridgehead atoms. The zero-order chi connectivity index (χ0) is 17.4. The van der Waals surface area contributed by atoms with Crippen molar-refractivity contribution >= 4 is 11.0 Å². The van der Waals surface area contributed by atoms with Gasteiger partial charge in [-0.3, -0.25) is 4.90 Å². The molecule has 0 unspecified atom stereocenters. The molecule has 2 aromatic heterocycles. The molecule has 130 valence electrons. The molecular formula is C19H24N6. The summed E-state index contributed by atoms with van der Waals surface area (Å²) in [6.45, 7) is 10.1. The molecule has 0 saturated heterocycles. The highest BCUT2D eigenvalue weighted by Crippen LogP contribution is 2.18. The first kappa shape index (κ1) is 16.1. The molecule has 0 atom stereocenters. The average Bonchev–Trinajstić information content (AvgIpc) is 2.91. The molecule has 1 aliphatic heterocycles. The van der Waals surface area contributed by atoms with E-state index >= 15 is 0 Å². The quantitative estimate of drug-likeness (QED) is 0.736. The number of aromatic nitrogens is 5. The molecule has 4 rings (SSSR count). The maximum atomic E-state index is 4.84. The molecule has 0 aliphatic carbocycles. The van der Waals surface area contributed by atoms with Crippen LogP contribution in [0.5, 0.6) is 0 Å². The third-order valence-electron chi connectivity index (χ3n) is 4.88. The first-order valence-electron chi connectivity index (χ1n) is 8.98. The van der Waals surface area contributed by atoms with Crippen LogP contribution >= 0.6 is 0 Å². The number of fused-ring (bicyclic) bond motifs is 2. The van der Waals surface area contributed by atoms with E-state index in [2.05, 4.69) is 40.4 Å². The second kappa shape index (κ2) is 6.52. The third-order valence-corrected chi connectivity index (χ3v) is 4.88. The van der Waals surface area contributed by atoms with Gasteiger partial charge in [-0.15, -0.1) is 10.2 Å². The Morgan fingerprint density at radius 1 is 1.00 bits per heavy atom. The third kappa shape index (κ3) is 3.14. The molecule has 0 spiro atoms. The van der Waals surface area contributed by atoms with E-state index in [9.17, 15) is 0 Å². The van der Waals surface area contributed by atoms with Crippen molar-refractivity contribution in [3.63, 3.8) is 0 Å². The van der Waals surface area contributed by atoms with E-state index < -0.39 is 0 Å². The summed E-state index contributed by atoms with van der Waals surface area (Å²) in [6.07, 6.45) is 0.930. The standard InChI is InChI=1S/C19H24N6/c1-13(2)19-23-22-18-8-9-24(10-11-25(18)19)12-17-14(3)20-15-6-4-5-7-16(15)21-17/h4-7,13H,8-12H2,1-3H3. The van der Waals surface area contributed by atoms with Crippen molar-refractivity contribution in [2.75, 3.05) is 13.1 Å². The fourth-order valence-corrected chi connectivity index (χ4v) is 3.46. The van der Waals surface area contributed by atoms with Crippen molar-refractivity contribution in [3.05, 3.63) is 47.3 Å². The Bertz CT molecular complexity index is 898. The lowest BCUT2D eigenvalue weighted by molar-refractivity contribution is 0.266. The summed E-state index contributed by atoms with van der Waals surface area (Å²) in [7, 11) is 0. The van der Waals surface area contributed by atoms with Gasteiger partial charge in [0, 0.05) is 38.5 Å². The second-order valence-corrected chi connectivity index (χ2v) is 7.05. The number of aryl methyl sites for hydroxylation is 1. The molecule has 3 heterocycles. The summed E-state index contributed by atoms with van der Waals surface area (Å²) in [6, 6.07) is 8.07. The van der Waals surface area contributed by atoms with Gasteiger partial charge in [0.25, 0.3) is 0 Å². The van der Waals surface area contributed by atoms with Crippen molar-refractivity contribution in [1.29, 1.82) is 0 Å². The van der Waals surface area contributed by atoms with Gasteiger partial charge in [0.15, 0.2) is 0 Å². The van der Waals surface area contributed by atoms with Crippen LogP contribution in [0.4, 0.5) is 0 Å². The number of para-hydroxylation sites is 2. The largest absolute Gasteiger partial charge is 0.313 e. The van der Waals surface area contributed by atoms with Crippen molar-refractivity contribution in [1.82, 2.24) is 29.6 Å². The Balaban J connectivity index is 1.54. The number of nitrogens with zero attached hydrogens (tertiary/aromatic N) is 6. The Labute approximate surface area is 147 Å². The molecule has 3 aromatic rings. The van der Waals surface area contributed by atoms with E-state index in [4.69, 9.17) is 9.97 Å². The Kier molecular flexibility index (Phi) is 4.21. The van der Waals surface area contributed by atoms with Crippen LogP contribution in [0.1, 0.15) is 42.8 Å². The van der Waals surface area contributed by atoms with Crippen LogP contribution in [0.3, 0.4) is 0 Å². The molecule has 0 saturated carbocycles. The summed E-state index contributed by atoms with van der Waals surface area (Å²) in [4.78, 5) is 12.0. The van der Waals surface area contributed by atoms with Gasteiger partial charge in [-0.05, 0) is 19.1 Å². The number of rotatable bonds is 3. The topological polar surface area (TPSA) is 59.7 Å². The molecule has 6 nitrogen and oxygen atoms in total. The van der Waals surface area contributed by atoms with Crippen molar-refractivity contribution < 1.29 is 0 Å². The van der Waals surface area contributed by atoms with Gasteiger partial charge in [0.05, 0.1) is 22.4 Å². The number of hydrogen-bond acceptors (Lipinski definition) is 5. The van der Waals surface area contributed by atoms with Gasteiger partial charge < -0.3 is 4.57 Å². The Morgan fingerprint density at radius 3 is 2.52 bits per heavy atom. The van der Waals surface area contributed by atoms with Crippen molar-refractivity contribution in [2.24, 2.45) is 0 Å². The van der Waals surface area contributed by atoms with E-state index in [0.29, 0.717) is 5.92 Å². The van der Waals surface area contributed by atoms with E-state index in [1.165, 1.54) is 0 Å². The minimum absolute atomic E-state index is 0.404. The molecule has 1 aromatic carbocycles. The first-order valence-corrected chi connectivity index (χ1v) is 8.98. The van der Waals surface area contributed by atoms with E-state index in [-0.39, 0.29) is 0 Å². The minimum atomic E-state index is 0.404. The molecule has 6 heteroatoms. The van der Waals surface area contributed by atoms with Gasteiger partial charge in [0.1, 0.15) is 11.6 Å². The van der Waals surface area contributed by atoms with Crippen LogP contribution in [-0.4, -0.2) is 42.7 Å². The predicted octanol–water partition coefficient (Wildman–Crippen LogP) is 2.71. The molecule has 25 heavy (non-hydrogen) atoms. The van der Waals surface area contributed by atoms with Crippen LogP contribution in [0.2, 0.25) is 0 Å². The van der Waals surface area contributed by atoms with Crippen LogP contribution in [0, 0.1) is 6.92 Å². The fourth-order valence-electron chi connectivity index (χ4n) is 3.46. The molecule has 0 fully saturated rings. The highest BCUT2D eigenvalue weighted by Gasteiger charge is 2.21. The highest BCUT2D eigenvalue weighted by atomic mass is 15.3. The van der Waals surface area contributed by atoms with Gasteiger partial charge in [-0.2, -0.15) is 0 Å². The van der Waals surface area contributed by atoms with Crippen LogP contribution in [0.15, 0.2) is 24.3 Å². The molecule has 1 aliphatic rings. The second-order valence-electron chi connectivity index (χ2n) is 7.05. The maximum absolute atomic E-state index is 4.84.